The Kier molecular flexibility index (Phi) is 7.93. The Morgan fingerprint density at radius 3 is 1.36 bits per heavy atom. The van der Waals surface area contributed by atoms with Gasteiger partial charge in [0.05, 0.1) is 0 Å². The van der Waals surface area contributed by atoms with Crippen LogP contribution in [0.15, 0.2) is 58.4 Å². The molecule has 0 fully saturated rings. The second-order valence-electron chi connectivity index (χ2n) is 6.50. The summed E-state index contributed by atoms with van der Waals surface area (Å²) in [4.78, 5) is 24.6. The number of hydrogen-bond acceptors (Lipinski definition) is 3. The van der Waals surface area contributed by atoms with Crippen molar-refractivity contribution in [1.29, 1.82) is 0 Å². The lowest BCUT2D eigenvalue weighted by molar-refractivity contribution is 0.866. The number of aryl methyl sites for hydroxylation is 2. The van der Waals surface area contributed by atoms with E-state index >= 15 is 0 Å². The molecule has 3 rings (SSSR count). The molecule has 0 saturated carbocycles. The van der Waals surface area contributed by atoms with Gasteiger partial charge in [0.2, 0.25) is 10.9 Å². The molecule has 3 heteroatoms. The van der Waals surface area contributed by atoms with E-state index in [-0.39, 0.29) is 10.9 Å². The maximum Gasteiger partial charge on any atom is 0.229 e. The predicted molar refractivity (Wildman–Crippen MR) is 105 cm³/mol. The van der Waals surface area contributed by atoms with Crippen LogP contribution in [0.2, 0.25) is 0 Å². The fourth-order valence-electron chi connectivity index (χ4n) is 2.00. The maximum absolute atomic E-state index is 10.4. The van der Waals surface area contributed by atoms with Crippen molar-refractivity contribution in [2.75, 3.05) is 0 Å². The lowest BCUT2D eigenvalue weighted by atomic mass is 10.0. The van der Waals surface area contributed by atoms with Crippen molar-refractivity contribution in [2.24, 2.45) is 0 Å². The molecule has 3 nitrogen and oxygen atoms in total. The molecule has 0 atom stereocenters. The minimum absolute atomic E-state index is 0.317. The largest absolute Gasteiger partial charge is 0.285 e. The molecule has 1 aromatic heterocycles. The second kappa shape index (κ2) is 9.67. The van der Waals surface area contributed by atoms with Crippen molar-refractivity contribution in [3.8, 4) is 0 Å². The summed E-state index contributed by atoms with van der Waals surface area (Å²) in [5, 5.41) is 0. The second-order valence-corrected chi connectivity index (χ2v) is 6.50. The van der Waals surface area contributed by atoms with Gasteiger partial charge in [0.15, 0.2) is 0 Å². The van der Waals surface area contributed by atoms with E-state index in [1.807, 2.05) is 19.1 Å². The van der Waals surface area contributed by atoms with E-state index in [2.05, 4.69) is 50.0 Å². The van der Waals surface area contributed by atoms with Crippen molar-refractivity contribution in [3.05, 3.63) is 97.1 Å². The highest BCUT2D eigenvalue weighted by Crippen LogP contribution is 2.13. The van der Waals surface area contributed by atoms with Gasteiger partial charge >= 0.3 is 0 Å². The van der Waals surface area contributed by atoms with Gasteiger partial charge in [-0.25, -0.2) is 0 Å². The smallest absolute Gasteiger partial charge is 0.229 e. The van der Waals surface area contributed by atoms with Crippen molar-refractivity contribution < 1.29 is 0 Å². The zero-order valence-corrected chi connectivity index (χ0v) is 16.0. The highest BCUT2D eigenvalue weighted by molar-refractivity contribution is 5.29. The number of nitrogens with zero attached hydrogens (tertiary/aromatic N) is 1. The van der Waals surface area contributed by atoms with Crippen LogP contribution in [-0.4, -0.2) is 4.98 Å². The van der Waals surface area contributed by atoms with Gasteiger partial charge in [0.1, 0.15) is 0 Å². The van der Waals surface area contributed by atoms with Gasteiger partial charge in [0.25, 0.3) is 0 Å². The molecular formula is C22H27NO2. The average Bonchev–Trinajstić information content (AvgIpc) is 2.62. The van der Waals surface area contributed by atoms with Crippen LogP contribution in [0.4, 0.5) is 0 Å². The normalized spacial score (nSPS) is 9.88. The Morgan fingerprint density at radius 2 is 1.08 bits per heavy atom. The van der Waals surface area contributed by atoms with Gasteiger partial charge in [-0.1, -0.05) is 43.7 Å². The van der Waals surface area contributed by atoms with Gasteiger partial charge in [0, 0.05) is 23.5 Å². The number of aromatic nitrogens is 1. The Bertz CT molecular complexity index is 810. The Hall–Kier alpha value is -2.55. The Labute approximate surface area is 150 Å². The topological polar surface area (TPSA) is 47.0 Å². The van der Waals surface area contributed by atoms with Crippen molar-refractivity contribution in [2.45, 2.75) is 47.5 Å². The molecule has 1 heterocycles. The molecule has 0 aliphatic heterocycles. The van der Waals surface area contributed by atoms with Crippen LogP contribution in [0.25, 0.3) is 0 Å². The summed E-state index contributed by atoms with van der Waals surface area (Å²) in [5.41, 5.74) is 4.63. The lowest BCUT2D eigenvalue weighted by Crippen LogP contribution is -2.36. The summed E-state index contributed by atoms with van der Waals surface area (Å²) in [6.07, 6.45) is 3.57. The molecule has 0 bridgehead atoms. The van der Waals surface area contributed by atoms with E-state index in [0.717, 1.165) is 0 Å². The van der Waals surface area contributed by atoms with Crippen LogP contribution in [0.5, 0.6) is 0 Å². The van der Waals surface area contributed by atoms with Crippen molar-refractivity contribution >= 4 is 0 Å². The average molecular weight is 337 g/mol. The number of pyridine rings is 1. The van der Waals surface area contributed by atoms with Crippen LogP contribution in [0.1, 0.15) is 47.6 Å². The lowest BCUT2D eigenvalue weighted by Gasteiger charge is -2.03. The fraction of sp³-hybridized carbons (Fsp3) is 0.318. The zero-order chi connectivity index (χ0) is 19.0. The van der Waals surface area contributed by atoms with Gasteiger partial charge in [-0.15, -0.1) is 0 Å². The van der Waals surface area contributed by atoms with Crippen molar-refractivity contribution in [1.82, 2.24) is 4.98 Å². The summed E-state index contributed by atoms with van der Waals surface area (Å²) in [7, 11) is 0. The van der Waals surface area contributed by atoms with E-state index in [0.29, 0.717) is 17.0 Å². The zero-order valence-electron chi connectivity index (χ0n) is 16.0. The summed E-state index contributed by atoms with van der Waals surface area (Å²) in [5.74, 6) is 0.653. The SMILES string of the molecule is Cc1c(C)c(=O)c1=O.Cc1ccc(C(C)C)cc1.Cc1ccncc1. The molecule has 0 unspecified atom stereocenters. The predicted octanol–water partition coefficient (Wildman–Crippen LogP) is 4.41. The van der Waals surface area contributed by atoms with E-state index in [4.69, 9.17) is 0 Å². The first-order chi connectivity index (χ1) is 11.7. The quantitative estimate of drug-likeness (QED) is 0.618. The first-order valence-corrected chi connectivity index (χ1v) is 8.43. The molecule has 0 aliphatic rings. The van der Waals surface area contributed by atoms with Gasteiger partial charge in [-0.3, -0.25) is 14.6 Å². The molecule has 0 aliphatic carbocycles. The number of rotatable bonds is 1. The summed E-state index contributed by atoms with van der Waals surface area (Å²) in [6.45, 7) is 11.9. The monoisotopic (exact) mass is 337 g/mol. The van der Waals surface area contributed by atoms with Crippen LogP contribution in [0.3, 0.4) is 0 Å². The van der Waals surface area contributed by atoms with Crippen molar-refractivity contribution in [3.63, 3.8) is 0 Å². The van der Waals surface area contributed by atoms with Crippen LogP contribution in [0, 0.1) is 27.7 Å². The summed E-state index contributed by atoms with van der Waals surface area (Å²) >= 11 is 0. The van der Waals surface area contributed by atoms with E-state index in [1.165, 1.54) is 16.7 Å². The standard InChI is InChI=1S/C10H14.C6H7N.C6H6O2/c1-8(2)10-6-4-9(3)5-7-10;1-6-2-4-7-5-3-6;1-3-4(2)6(8)5(3)7/h4-8H,1-3H3;2-5H,1H3;1-2H3. The first kappa shape index (κ1) is 20.5. The highest BCUT2D eigenvalue weighted by Gasteiger charge is 2.10. The van der Waals surface area contributed by atoms with E-state index in [1.54, 1.807) is 26.2 Å². The maximum atomic E-state index is 10.4. The third-order valence-corrected chi connectivity index (χ3v) is 4.04. The summed E-state index contributed by atoms with van der Waals surface area (Å²) < 4.78 is 0. The third-order valence-electron chi connectivity index (χ3n) is 4.04. The molecule has 0 radical (unpaired) electrons. The molecule has 0 N–H and O–H groups in total. The third kappa shape index (κ3) is 6.46. The first-order valence-electron chi connectivity index (χ1n) is 8.43. The molecule has 132 valence electrons. The minimum Gasteiger partial charge on any atom is -0.285 e. The fourth-order valence-corrected chi connectivity index (χ4v) is 2.00. The van der Waals surface area contributed by atoms with E-state index in [9.17, 15) is 9.59 Å². The molecule has 0 amide bonds. The molecule has 0 spiro atoms. The Morgan fingerprint density at radius 1 is 0.680 bits per heavy atom. The van der Waals surface area contributed by atoms with Crippen LogP contribution < -0.4 is 10.9 Å². The minimum atomic E-state index is -0.317. The molecule has 25 heavy (non-hydrogen) atoms. The van der Waals surface area contributed by atoms with Gasteiger partial charge in [-0.05, 0) is 56.9 Å². The van der Waals surface area contributed by atoms with Crippen LogP contribution in [-0.2, 0) is 0 Å². The van der Waals surface area contributed by atoms with E-state index < -0.39 is 0 Å². The van der Waals surface area contributed by atoms with Gasteiger partial charge < -0.3 is 0 Å². The van der Waals surface area contributed by atoms with Crippen LogP contribution >= 0.6 is 0 Å². The number of benzene rings is 1. The molecular weight excluding hydrogens is 310 g/mol. The molecule has 3 aromatic rings. The highest BCUT2D eigenvalue weighted by atomic mass is 16.2. The Balaban J connectivity index is 0.000000191. The number of hydrogen-bond donors (Lipinski definition) is 0. The summed E-state index contributed by atoms with van der Waals surface area (Å²) in [6, 6.07) is 12.7. The molecule has 0 saturated heterocycles. The molecule has 2 aromatic carbocycles. The van der Waals surface area contributed by atoms with Gasteiger partial charge in [-0.2, -0.15) is 0 Å².